The molecule has 20 heavy (non-hydrogen) atoms. The molecule has 106 valence electrons. The topological polar surface area (TPSA) is 0 Å². The van der Waals surface area contributed by atoms with E-state index < -0.39 is 0 Å². The van der Waals surface area contributed by atoms with Crippen LogP contribution in [0, 0.1) is 5.82 Å². The Morgan fingerprint density at radius 1 is 1.00 bits per heavy atom. The number of alkyl halides is 1. The van der Waals surface area contributed by atoms with E-state index in [0.29, 0.717) is 0 Å². The maximum atomic E-state index is 13.5. The molecule has 0 amide bonds. The fraction of sp³-hybridized carbons (Fsp3) is 0.294. The lowest BCUT2D eigenvalue weighted by molar-refractivity contribution is 0.590. The standard InChI is InChI=1S/C17H17BrClF/c1-17(2,3)13-7-4-11(5-8-13)16(18)12-6-9-14(19)15(20)10-12/h4-10,16H,1-3H3. The number of hydrogen-bond acceptors (Lipinski definition) is 0. The molecule has 1 unspecified atom stereocenters. The normalized spacial score (nSPS) is 13.3. The summed E-state index contributed by atoms with van der Waals surface area (Å²) >= 11 is 9.33. The molecule has 0 aliphatic carbocycles. The molecule has 2 aromatic carbocycles. The maximum Gasteiger partial charge on any atom is 0.142 e. The van der Waals surface area contributed by atoms with Gasteiger partial charge in [0.25, 0.3) is 0 Å². The first-order valence-electron chi connectivity index (χ1n) is 6.48. The maximum absolute atomic E-state index is 13.5. The monoisotopic (exact) mass is 354 g/mol. The molecule has 2 aromatic rings. The zero-order valence-corrected chi connectivity index (χ0v) is 14.1. The molecule has 0 aliphatic heterocycles. The average molecular weight is 356 g/mol. The van der Waals surface area contributed by atoms with Gasteiger partial charge in [-0.05, 0) is 34.2 Å². The van der Waals surface area contributed by atoms with Crippen LogP contribution in [0.1, 0.15) is 42.3 Å². The summed E-state index contributed by atoms with van der Waals surface area (Å²) in [6.45, 7) is 6.55. The molecule has 0 bridgehead atoms. The van der Waals surface area contributed by atoms with E-state index in [-0.39, 0.29) is 21.1 Å². The molecule has 0 heterocycles. The largest absolute Gasteiger partial charge is 0.205 e. The third-order valence-corrected chi connectivity index (χ3v) is 4.67. The van der Waals surface area contributed by atoms with Gasteiger partial charge in [0.05, 0.1) is 9.85 Å². The van der Waals surface area contributed by atoms with E-state index in [9.17, 15) is 4.39 Å². The molecule has 0 spiro atoms. The van der Waals surface area contributed by atoms with Crippen LogP contribution in [0.25, 0.3) is 0 Å². The Bertz CT molecular complexity index is 599. The van der Waals surface area contributed by atoms with E-state index in [1.54, 1.807) is 6.07 Å². The highest BCUT2D eigenvalue weighted by atomic mass is 79.9. The minimum absolute atomic E-state index is 0.0386. The quantitative estimate of drug-likeness (QED) is 0.558. The number of hydrogen-bond donors (Lipinski definition) is 0. The second kappa shape index (κ2) is 5.87. The Morgan fingerprint density at radius 2 is 1.55 bits per heavy atom. The zero-order valence-electron chi connectivity index (χ0n) is 11.8. The van der Waals surface area contributed by atoms with Crippen molar-refractivity contribution in [3.8, 4) is 0 Å². The van der Waals surface area contributed by atoms with Crippen LogP contribution >= 0.6 is 27.5 Å². The minimum atomic E-state index is -0.389. The van der Waals surface area contributed by atoms with Gasteiger partial charge in [-0.15, -0.1) is 0 Å². The van der Waals surface area contributed by atoms with E-state index in [1.807, 2.05) is 6.07 Å². The van der Waals surface area contributed by atoms with Gasteiger partial charge in [0.2, 0.25) is 0 Å². The van der Waals surface area contributed by atoms with Crippen LogP contribution in [-0.4, -0.2) is 0 Å². The minimum Gasteiger partial charge on any atom is -0.205 e. The lowest BCUT2D eigenvalue weighted by atomic mass is 9.86. The van der Waals surface area contributed by atoms with Crippen molar-refractivity contribution in [3.63, 3.8) is 0 Å². The number of rotatable bonds is 2. The lowest BCUT2D eigenvalue weighted by Gasteiger charge is -2.20. The van der Waals surface area contributed by atoms with Crippen LogP contribution in [0.4, 0.5) is 4.39 Å². The molecule has 0 saturated heterocycles. The summed E-state index contributed by atoms with van der Waals surface area (Å²) in [5, 5.41) is 0.150. The van der Waals surface area contributed by atoms with E-state index in [2.05, 4.69) is 61.0 Å². The first-order valence-corrected chi connectivity index (χ1v) is 7.78. The molecular weight excluding hydrogens is 339 g/mol. The highest BCUT2D eigenvalue weighted by Gasteiger charge is 2.16. The van der Waals surface area contributed by atoms with Crippen LogP contribution in [0.15, 0.2) is 42.5 Å². The van der Waals surface area contributed by atoms with E-state index in [4.69, 9.17) is 11.6 Å². The van der Waals surface area contributed by atoms with Gasteiger partial charge < -0.3 is 0 Å². The van der Waals surface area contributed by atoms with Crippen molar-refractivity contribution in [2.24, 2.45) is 0 Å². The van der Waals surface area contributed by atoms with Crippen LogP contribution in [-0.2, 0) is 5.41 Å². The lowest BCUT2D eigenvalue weighted by Crippen LogP contribution is -2.10. The fourth-order valence-corrected chi connectivity index (χ4v) is 2.72. The van der Waals surface area contributed by atoms with Gasteiger partial charge >= 0.3 is 0 Å². The van der Waals surface area contributed by atoms with Gasteiger partial charge in [-0.1, -0.05) is 78.6 Å². The van der Waals surface area contributed by atoms with Crippen molar-refractivity contribution in [1.29, 1.82) is 0 Å². The highest BCUT2D eigenvalue weighted by Crippen LogP contribution is 2.33. The molecule has 0 radical (unpaired) electrons. The van der Waals surface area contributed by atoms with Crippen molar-refractivity contribution in [1.82, 2.24) is 0 Å². The number of benzene rings is 2. The summed E-state index contributed by atoms with van der Waals surface area (Å²) in [5.74, 6) is -0.389. The van der Waals surface area contributed by atoms with E-state index in [0.717, 1.165) is 11.1 Å². The van der Waals surface area contributed by atoms with Crippen LogP contribution in [0.2, 0.25) is 5.02 Å². The molecule has 0 fully saturated rings. The van der Waals surface area contributed by atoms with Gasteiger partial charge in [-0.25, -0.2) is 4.39 Å². The van der Waals surface area contributed by atoms with Crippen LogP contribution < -0.4 is 0 Å². The second-order valence-corrected chi connectivity index (χ2v) is 7.23. The van der Waals surface area contributed by atoms with Gasteiger partial charge in [-0.2, -0.15) is 0 Å². The fourth-order valence-electron chi connectivity index (χ4n) is 2.01. The molecule has 0 N–H and O–H groups in total. The van der Waals surface area contributed by atoms with Crippen LogP contribution in [0.5, 0.6) is 0 Å². The predicted molar refractivity (Wildman–Crippen MR) is 87.3 cm³/mol. The SMILES string of the molecule is CC(C)(C)c1ccc(C(Br)c2ccc(Cl)c(F)c2)cc1. The predicted octanol–water partition coefficient (Wildman–Crippen LogP) is 6.26. The summed E-state index contributed by atoms with van der Waals surface area (Å²) in [4.78, 5) is -0.0386. The summed E-state index contributed by atoms with van der Waals surface area (Å²) in [6, 6.07) is 13.3. The van der Waals surface area contributed by atoms with Gasteiger partial charge in [-0.3, -0.25) is 0 Å². The zero-order chi connectivity index (χ0) is 14.9. The van der Waals surface area contributed by atoms with Crippen molar-refractivity contribution in [2.45, 2.75) is 31.0 Å². The van der Waals surface area contributed by atoms with E-state index >= 15 is 0 Å². The first kappa shape index (κ1) is 15.5. The molecule has 0 nitrogen and oxygen atoms in total. The average Bonchev–Trinajstić information content (AvgIpc) is 2.40. The second-order valence-electron chi connectivity index (χ2n) is 5.91. The van der Waals surface area contributed by atoms with Gasteiger partial charge in [0.1, 0.15) is 5.82 Å². The molecule has 1 atom stereocenters. The summed E-state index contributed by atoms with van der Waals surface area (Å²) in [6.07, 6.45) is 0. The smallest absolute Gasteiger partial charge is 0.142 e. The van der Waals surface area contributed by atoms with Gasteiger partial charge in [0, 0.05) is 0 Å². The highest BCUT2D eigenvalue weighted by molar-refractivity contribution is 9.09. The molecule has 0 aromatic heterocycles. The molecule has 3 heteroatoms. The number of halogens is 3. The third-order valence-electron chi connectivity index (χ3n) is 3.31. The summed E-state index contributed by atoms with van der Waals surface area (Å²) in [5.41, 5.74) is 3.37. The Hall–Kier alpha value is -0.860. The molecular formula is C17H17BrClF. The van der Waals surface area contributed by atoms with Crippen molar-refractivity contribution in [2.75, 3.05) is 0 Å². The Balaban J connectivity index is 2.29. The van der Waals surface area contributed by atoms with Gasteiger partial charge in [0.15, 0.2) is 0 Å². The Kier molecular flexibility index (Phi) is 4.55. The van der Waals surface area contributed by atoms with Crippen LogP contribution in [0.3, 0.4) is 0 Å². The molecule has 2 rings (SSSR count). The third kappa shape index (κ3) is 3.42. The molecule has 0 saturated carbocycles. The summed E-state index contributed by atoms with van der Waals surface area (Å²) in [7, 11) is 0. The first-order chi connectivity index (χ1) is 9.29. The van der Waals surface area contributed by atoms with Crippen molar-refractivity contribution in [3.05, 3.63) is 70.0 Å². The Morgan fingerprint density at radius 3 is 2.05 bits per heavy atom. The summed E-state index contributed by atoms with van der Waals surface area (Å²) < 4.78 is 13.5. The van der Waals surface area contributed by atoms with Crippen molar-refractivity contribution < 1.29 is 4.39 Å². The van der Waals surface area contributed by atoms with Crippen molar-refractivity contribution >= 4 is 27.5 Å². The van der Waals surface area contributed by atoms with E-state index in [1.165, 1.54) is 11.6 Å². The molecule has 0 aliphatic rings. The Labute approximate surface area is 133 Å².